The van der Waals surface area contributed by atoms with Crippen LogP contribution in [0, 0.1) is 5.92 Å². The van der Waals surface area contributed by atoms with E-state index in [1.165, 1.54) is 19.3 Å². The summed E-state index contributed by atoms with van der Waals surface area (Å²) in [6.07, 6.45) is 3.72. The van der Waals surface area contributed by atoms with Crippen LogP contribution in [0.5, 0.6) is 0 Å². The first-order valence-electron chi connectivity index (χ1n) is 6.39. The minimum absolute atomic E-state index is 0.321. The maximum atomic E-state index is 10.9. The molecular weight excluding hydrogens is 294 g/mol. The second-order valence-corrected chi connectivity index (χ2v) is 5.66. The molecule has 2 rings (SSSR count). The van der Waals surface area contributed by atoms with E-state index in [1.807, 2.05) is 12.1 Å². The van der Waals surface area contributed by atoms with Crippen LogP contribution in [0.2, 0.25) is 0 Å². The van der Waals surface area contributed by atoms with Crippen molar-refractivity contribution < 1.29 is 9.90 Å². The van der Waals surface area contributed by atoms with Gasteiger partial charge in [-0.05, 0) is 52.9 Å². The third kappa shape index (κ3) is 2.86. The van der Waals surface area contributed by atoms with Gasteiger partial charge in [-0.25, -0.2) is 4.79 Å². The van der Waals surface area contributed by atoms with Gasteiger partial charge in [-0.2, -0.15) is 0 Å². The van der Waals surface area contributed by atoms with Gasteiger partial charge in [0.2, 0.25) is 0 Å². The molecule has 1 aliphatic heterocycles. The Kier molecular flexibility index (Phi) is 4.27. The summed E-state index contributed by atoms with van der Waals surface area (Å²) in [6.45, 7) is 4.38. The molecule has 4 heteroatoms. The van der Waals surface area contributed by atoms with Crippen LogP contribution in [0.15, 0.2) is 22.7 Å². The first-order chi connectivity index (χ1) is 8.61. The molecule has 98 valence electrons. The van der Waals surface area contributed by atoms with Crippen LogP contribution in [0.1, 0.15) is 36.5 Å². The fourth-order valence-electron chi connectivity index (χ4n) is 2.47. The molecule has 0 bridgehead atoms. The molecule has 1 heterocycles. The van der Waals surface area contributed by atoms with Crippen LogP contribution in [-0.2, 0) is 0 Å². The highest BCUT2D eigenvalue weighted by molar-refractivity contribution is 9.10. The molecule has 0 radical (unpaired) electrons. The summed E-state index contributed by atoms with van der Waals surface area (Å²) in [5.74, 6) is -0.0406. The lowest BCUT2D eigenvalue weighted by molar-refractivity contribution is 0.0696. The number of benzene rings is 1. The Balaban J connectivity index is 2.11. The van der Waals surface area contributed by atoms with Crippen molar-refractivity contribution in [1.82, 2.24) is 0 Å². The van der Waals surface area contributed by atoms with Gasteiger partial charge in [0, 0.05) is 23.2 Å². The van der Waals surface area contributed by atoms with Crippen LogP contribution in [-0.4, -0.2) is 24.2 Å². The number of piperidine rings is 1. The maximum absolute atomic E-state index is 10.9. The Bertz CT molecular complexity index is 439. The molecule has 1 saturated heterocycles. The topological polar surface area (TPSA) is 40.5 Å². The van der Waals surface area contributed by atoms with E-state index in [2.05, 4.69) is 27.8 Å². The van der Waals surface area contributed by atoms with Crippen LogP contribution in [0.4, 0.5) is 5.69 Å². The minimum Gasteiger partial charge on any atom is -0.478 e. The Hall–Kier alpha value is -1.03. The zero-order valence-electron chi connectivity index (χ0n) is 10.5. The summed E-state index contributed by atoms with van der Waals surface area (Å²) in [5.41, 5.74) is 1.43. The summed E-state index contributed by atoms with van der Waals surface area (Å²) < 4.78 is 0.658. The third-order valence-electron chi connectivity index (χ3n) is 3.74. The molecule has 1 N–H and O–H groups in total. The fourth-order valence-corrected chi connectivity index (χ4v) is 3.01. The number of hydrogen-bond acceptors (Lipinski definition) is 2. The lowest BCUT2D eigenvalue weighted by Crippen LogP contribution is -2.33. The molecule has 3 nitrogen and oxygen atoms in total. The zero-order chi connectivity index (χ0) is 13.1. The molecule has 1 aromatic carbocycles. The molecule has 0 unspecified atom stereocenters. The standard InChI is InChI=1S/C14H18BrNO2/c1-2-10-5-7-16(8-6-10)11-3-4-12(14(17)18)13(15)9-11/h3-4,9-10H,2,5-8H2,1H3,(H,17,18). The van der Waals surface area contributed by atoms with E-state index in [4.69, 9.17) is 5.11 Å². The highest BCUT2D eigenvalue weighted by atomic mass is 79.9. The van der Waals surface area contributed by atoms with E-state index in [-0.39, 0.29) is 0 Å². The van der Waals surface area contributed by atoms with Crippen LogP contribution >= 0.6 is 15.9 Å². The summed E-state index contributed by atoms with van der Waals surface area (Å²) in [7, 11) is 0. The number of carboxylic acids is 1. The van der Waals surface area contributed by atoms with Gasteiger partial charge >= 0.3 is 5.97 Å². The molecule has 0 amide bonds. The molecule has 18 heavy (non-hydrogen) atoms. The average molecular weight is 312 g/mol. The molecule has 1 aliphatic rings. The maximum Gasteiger partial charge on any atom is 0.336 e. The number of carboxylic acid groups (broad SMARTS) is 1. The molecule has 1 aromatic rings. The minimum atomic E-state index is -0.891. The van der Waals surface area contributed by atoms with E-state index in [1.54, 1.807) is 6.07 Å². The molecular formula is C14H18BrNO2. The first kappa shape index (κ1) is 13.4. The second kappa shape index (κ2) is 5.74. The smallest absolute Gasteiger partial charge is 0.336 e. The van der Waals surface area contributed by atoms with Crippen molar-refractivity contribution in [3.63, 3.8) is 0 Å². The average Bonchev–Trinajstić information content (AvgIpc) is 2.38. The number of rotatable bonds is 3. The van der Waals surface area contributed by atoms with Crippen LogP contribution in [0.3, 0.4) is 0 Å². The summed E-state index contributed by atoms with van der Waals surface area (Å²) in [4.78, 5) is 13.3. The van der Waals surface area contributed by atoms with E-state index >= 15 is 0 Å². The van der Waals surface area contributed by atoms with Gasteiger partial charge in [-0.1, -0.05) is 13.3 Å². The molecule has 1 fully saturated rings. The monoisotopic (exact) mass is 311 g/mol. The lowest BCUT2D eigenvalue weighted by Gasteiger charge is -2.33. The lowest BCUT2D eigenvalue weighted by atomic mass is 9.94. The van der Waals surface area contributed by atoms with E-state index < -0.39 is 5.97 Å². The van der Waals surface area contributed by atoms with Gasteiger partial charge in [-0.3, -0.25) is 0 Å². The summed E-state index contributed by atoms with van der Waals surface area (Å²) >= 11 is 3.33. The summed E-state index contributed by atoms with van der Waals surface area (Å²) in [6, 6.07) is 5.49. The van der Waals surface area contributed by atoms with Gasteiger partial charge in [0.15, 0.2) is 0 Å². The van der Waals surface area contributed by atoms with Gasteiger partial charge in [0.05, 0.1) is 5.56 Å². The van der Waals surface area contributed by atoms with Crippen molar-refractivity contribution in [2.45, 2.75) is 26.2 Å². The molecule has 0 spiro atoms. The molecule has 0 aliphatic carbocycles. The molecule has 0 aromatic heterocycles. The largest absolute Gasteiger partial charge is 0.478 e. The number of nitrogens with zero attached hydrogens (tertiary/aromatic N) is 1. The molecule has 0 saturated carbocycles. The zero-order valence-corrected chi connectivity index (χ0v) is 12.1. The van der Waals surface area contributed by atoms with Crippen molar-refractivity contribution in [2.75, 3.05) is 18.0 Å². The Morgan fingerprint density at radius 3 is 2.61 bits per heavy atom. The Morgan fingerprint density at radius 1 is 1.44 bits per heavy atom. The van der Waals surface area contributed by atoms with Gasteiger partial charge in [0.1, 0.15) is 0 Å². The van der Waals surface area contributed by atoms with E-state index in [0.717, 1.165) is 24.7 Å². The van der Waals surface area contributed by atoms with Gasteiger partial charge < -0.3 is 10.0 Å². The van der Waals surface area contributed by atoms with Crippen LogP contribution < -0.4 is 4.90 Å². The number of aromatic carboxylic acids is 1. The normalized spacial score (nSPS) is 16.9. The van der Waals surface area contributed by atoms with E-state index in [0.29, 0.717) is 10.0 Å². The number of carbonyl (C=O) groups is 1. The second-order valence-electron chi connectivity index (χ2n) is 4.81. The van der Waals surface area contributed by atoms with Crippen molar-refractivity contribution in [3.05, 3.63) is 28.2 Å². The molecule has 0 atom stereocenters. The van der Waals surface area contributed by atoms with Crippen LogP contribution in [0.25, 0.3) is 0 Å². The fraction of sp³-hybridized carbons (Fsp3) is 0.500. The van der Waals surface area contributed by atoms with Crippen molar-refractivity contribution >= 4 is 27.6 Å². The Labute approximate surface area is 116 Å². The van der Waals surface area contributed by atoms with Crippen molar-refractivity contribution in [3.8, 4) is 0 Å². The van der Waals surface area contributed by atoms with E-state index in [9.17, 15) is 4.79 Å². The predicted molar refractivity (Wildman–Crippen MR) is 76.3 cm³/mol. The van der Waals surface area contributed by atoms with Gasteiger partial charge in [-0.15, -0.1) is 0 Å². The van der Waals surface area contributed by atoms with Gasteiger partial charge in [0.25, 0.3) is 0 Å². The van der Waals surface area contributed by atoms with Crippen molar-refractivity contribution in [1.29, 1.82) is 0 Å². The highest BCUT2D eigenvalue weighted by Gasteiger charge is 2.19. The third-order valence-corrected chi connectivity index (χ3v) is 4.40. The number of anilines is 1. The first-order valence-corrected chi connectivity index (χ1v) is 7.19. The van der Waals surface area contributed by atoms with Crippen molar-refractivity contribution in [2.24, 2.45) is 5.92 Å². The quantitative estimate of drug-likeness (QED) is 0.923. The highest BCUT2D eigenvalue weighted by Crippen LogP contribution is 2.28. The SMILES string of the molecule is CCC1CCN(c2ccc(C(=O)O)c(Br)c2)CC1. The summed E-state index contributed by atoms with van der Waals surface area (Å²) in [5, 5.41) is 8.99. The number of hydrogen-bond donors (Lipinski definition) is 1. The number of halogens is 1. The Morgan fingerprint density at radius 2 is 2.11 bits per heavy atom. The predicted octanol–water partition coefficient (Wildman–Crippen LogP) is 3.77.